The van der Waals surface area contributed by atoms with E-state index < -0.39 is 10.0 Å². The van der Waals surface area contributed by atoms with Gasteiger partial charge in [0.1, 0.15) is 9.77 Å². The molecule has 1 amide bonds. The zero-order valence-electron chi connectivity index (χ0n) is 12.6. The van der Waals surface area contributed by atoms with Crippen LogP contribution in [0.2, 0.25) is 0 Å². The van der Waals surface area contributed by atoms with Crippen molar-refractivity contribution >= 4 is 27.3 Å². The number of hydrogen-bond acceptors (Lipinski definition) is 4. The molecule has 1 aromatic heterocycles. The van der Waals surface area contributed by atoms with E-state index in [1.54, 1.807) is 16.3 Å². The first-order chi connectivity index (χ1) is 10.5. The lowest BCUT2D eigenvalue weighted by Crippen LogP contribution is -2.36. The van der Waals surface area contributed by atoms with Crippen molar-refractivity contribution in [3.05, 3.63) is 28.0 Å². The van der Waals surface area contributed by atoms with Crippen molar-refractivity contribution in [2.45, 2.75) is 31.1 Å². The highest BCUT2D eigenvalue weighted by Gasteiger charge is 2.33. The van der Waals surface area contributed by atoms with E-state index in [2.05, 4.69) is 6.92 Å². The van der Waals surface area contributed by atoms with Crippen LogP contribution in [0.5, 0.6) is 0 Å². The Morgan fingerprint density at radius 3 is 2.59 bits per heavy atom. The fourth-order valence-corrected chi connectivity index (χ4v) is 5.70. The van der Waals surface area contributed by atoms with Gasteiger partial charge in [-0.25, -0.2) is 8.42 Å². The number of hydrogen-bond donors (Lipinski definition) is 0. The van der Waals surface area contributed by atoms with Crippen molar-refractivity contribution < 1.29 is 13.2 Å². The molecule has 3 heterocycles. The van der Waals surface area contributed by atoms with E-state index in [0.29, 0.717) is 31.1 Å². The smallest absolute Gasteiger partial charge is 0.265 e. The third-order valence-corrected chi connectivity index (χ3v) is 7.20. The van der Waals surface area contributed by atoms with Crippen molar-refractivity contribution in [1.82, 2.24) is 9.21 Å². The summed E-state index contributed by atoms with van der Waals surface area (Å²) in [7, 11) is -3.54. The summed E-state index contributed by atoms with van der Waals surface area (Å²) in [6, 6.07) is 1.57. The predicted octanol–water partition coefficient (Wildman–Crippen LogP) is 2.32. The molecule has 0 aliphatic carbocycles. The summed E-state index contributed by atoms with van der Waals surface area (Å²) in [6.07, 6.45) is 4.67. The van der Waals surface area contributed by atoms with E-state index in [1.807, 2.05) is 6.08 Å². The van der Waals surface area contributed by atoms with Crippen molar-refractivity contribution in [2.24, 2.45) is 0 Å². The predicted molar refractivity (Wildman–Crippen MR) is 86.6 cm³/mol. The fraction of sp³-hybridized carbons (Fsp3) is 0.533. The SMILES string of the molecule is CC1=CCN(C(=O)c2sccc2S(=O)(=O)N2CCCC2)CC1. The van der Waals surface area contributed by atoms with Gasteiger partial charge in [0.25, 0.3) is 5.91 Å². The third kappa shape index (κ3) is 2.85. The molecule has 0 saturated carbocycles. The molecule has 1 aromatic rings. The van der Waals surface area contributed by atoms with Crippen LogP contribution in [-0.2, 0) is 10.0 Å². The van der Waals surface area contributed by atoms with Crippen LogP contribution >= 0.6 is 11.3 Å². The third-order valence-electron chi connectivity index (χ3n) is 4.23. The van der Waals surface area contributed by atoms with Crippen molar-refractivity contribution in [2.75, 3.05) is 26.2 Å². The molecule has 7 heteroatoms. The zero-order chi connectivity index (χ0) is 15.7. The van der Waals surface area contributed by atoms with Gasteiger partial charge in [0.2, 0.25) is 10.0 Å². The van der Waals surface area contributed by atoms with Gasteiger partial charge in [-0.3, -0.25) is 4.79 Å². The maximum Gasteiger partial charge on any atom is 0.265 e. The van der Waals surface area contributed by atoms with Crippen LogP contribution in [0.1, 0.15) is 35.9 Å². The lowest BCUT2D eigenvalue weighted by molar-refractivity contribution is 0.0770. The Morgan fingerprint density at radius 1 is 1.23 bits per heavy atom. The minimum absolute atomic E-state index is 0.170. The summed E-state index contributed by atoms with van der Waals surface area (Å²) in [6.45, 7) is 4.37. The minimum atomic E-state index is -3.54. The second-order valence-corrected chi connectivity index (χ2v) is 8.60. The summed E-state index contributed by atoms with van der Waals surface area (Å²) < 4.78 is 26.9. The number of carbonyl (C=O) groups is 1. The molecule has 0 bridgehead atoms. The van der Waals surface area contributed by atoms with Crippen LogP contribution in [0.3, 0.4) is 0 Å². The van der Waals surface area contributed by atoms with Crippen LogP contribution in [0, 0.1) is 0 Å². The van der Waals surface area contributed by atoms with Crippen LogP contribution in [-0.4, -0.2) is 49.7 Å². The van der Waals surface area contributed by atoms with Crippen molar-refractivity contribution in [1.29, 1.82) is 0 Å². The molecule has 0 aromatic carbocycles. The van der Waals surface area contributed by atoms with Crippen molar-refractivity contribution in [3.8, 4) is 0 Å². The van der Waals surface area contributed by atoms with Crippen LogP contribution < -0.4 is 0 Å². The maximum absolute atomic E-state index is 12.7. The van der Waals surface area contributed by atoms with Crippen LogP contribution in [0.15, 0.2) is 28.0 Å². The summed E-state index contributed by atoms with van der Waals surface area (Å²) in [5, 5.41) is 1.70. The van der Waals surface area contributed by atoms with E-state index >= 15 is 0 Å². The molecule has 1 saturated heterocycles. The highest BCUT2D eigenvalue weighted by atomic mass is 32.2. The van der Waals surface area contributed by atoms with E-state index in [9.17, 15) is 13.2 Å². The number of amides is 1. The second kappa shape index (κ2) is 6.14. The lowest BCUT2D eigenvalue weighted by atomic mass is 10.1. The summed E-state index contributed by atoms with van der Waals surface area (Å²) >= 11 is 1.22. The topological polar surface area (TPSA) is 57.7 Å². The normalized spacial score (nSPS) is 20.2. The molecule has 0 N–H and O–H groups in total. The van der Waals surface area contributed by atoms with Gasteiger partial charge in [-0.2, -0.15) is 4.31 Å². The maximum atomic E-state index is 12.7. The van der Waals surface area contributed by atoms with Gasteiger partial charge < -0.3 is 4.90 Å². The fourth-order valence-electron chi connectivity index (χ4n) is 2.82. The van der Waals surface area contributed by atoms with Gasteiger partial charge in [-0.15, -0.1) is 11.3 Å². The molecule has 0 spiro atoms. The van der Waals surface area contributed by atoms with Gasteiger partial charge >= 0.3 is 0 Å². The molecule has 0 atom stereocenters. The highest BCUT2D eigenvalue weighted by Crippen LogP contribution is 2.29. The molecule has 2 aliphatic rings. The van der Waals surface area contributed by atoms with Crippen LogP contribution in [0.4, 0.5) is 0 Å². The number of nitrogens with zero attached hydrogens (tertiary/aromatic N) is 2. The largest absolute Gasteiger partial charge is 0.334 e. The highest BCUT2D eigenvalue weighted by molar-refractivity contribution is 7.89. The Morgan fingerprint density at radius 2 is 1.95 bits per heavy atom. The second-order valence-electron chi connectivity index (χ2n) is 5.78. The minimum Gasteiger partial charge on any atom is -0.334 e. The molecule has 3 rings (SSSR count). The van der Waals surface area contributed by atoms with Gasteiger partial charge in [-0.1, -0.05) is 11.6 Å². The average Bonchev–Trinajstić information content (AvgIpc) is 3.19. The molecule has 5 nitrogen and oxygen atoms in total. The first-order valence-corrected chi connectivity index (χ1v) is 9.84. The summed E-state index contributed by atoms with van der Waals surface area (Å²) in [4.78, 5) is 14.9. The molecule has 0 unspecified atom stereocenters. The molecular formula is C15H20N2O3S2. The van der Waals surface area contributed by atoms with Crippen LogP contribution in [0.25, 0.3) is 0 Å². The number of carbonyl (C=O) groups excluding carboxylic acids is 1. The van der Waals surface area contributed by atoms with Gasteiger partial charge in [0.05, 0.1) is 0 Å². The molecule has 1 fully saturated rings. The Kier molecular flexibility index (Phi) is 4.38. The average molecular weight is 340 g/mol. The number of thiophene rings is 1. The Hall–Kier alpha value is -1.18. The molecule has 120 valence electrons. The van der Waals surface area contributed by atoms with Crippen molar-refractivity contribution in [3.63, 3.8) is 0 Å². The number of sulfonamides is 1. The molecule has 0 radical (unpaired) electrons. The molecule has 22 heavy (non-hydrogen) atoms. The van der Waals surface area contributed by atoms with Gasteiger partial charge in [-0.05, 0) is 37.6 Å². The standard InChI is InChI=1S/C15H20N2O3S2/c1-12-4-9-16(10-5-12)15(18)14-13(6-11-21-14)22(19,20)17-7-2-3-8-17/h4,6,11H,2-3,5,7-10H2,1H3. The van der Waals surface area contributed by atoms with E-state index in [-0.39, 0.29) is 10.8 Å². The first kappa shape index (κ1) is 15.7. The monoisotopic (exact) mass is 340 g/mol. The van der Waals surface area contributed by atoms with Gasteiger partial charge in [0.15, 0.2) is 0 Å². The van der Waals surface area contributed by atoms with E-state index in [0.717, 1.165) is 19.3 Å². The van der Waals surface area contributed by atoms with E-state index in [4.69, 9.17) is 0 Å². The summed E-state index contributed by atoms with van der Waals surface area (Å²) in [5.41, 5.74) is 1.28. The Labute approximate surface area is 135 Å². The summed E-state index contributed by atoms with van der Waals surface area (Å²) in [5.74, 6) is -0.170. The van der Waals surface area contributed by atoms with E-state index in [1.165, 1.54) is 21.2 Å². The molecular weight excluding hydrogens is 320 g/mol. The zero-order valence-corrected chi connectivity index (χ0v) is 14.3. The number of rotatable bonds is 3. The quantitative estimate of drug-likeness (QED) is 0.794. The first-order valence-electron chi connectivity index (χ1n) is 7.52. The lowest BCUT2D eigenvalue weighted by Gasteiger charge is -2.25. The Bertz CT molecular complexity index is 700. The van der Waals surface area contributed by atoms with Gasteiger partial charge in [0, 0.05) is 26.2 Å². The Balaban J connectivity index is 1.87. The molecule has 2 aliphatic heterocycles.